The Labute approximate surface area is 132 Å². The van der Waals surface area contributed by atoms with Gasteiger partial charge in [-0.1, -0.05) is 30.7 Å². The second-order valence-corrected chi connectivity index (χ2v) is 6.70. The molecule has 0 fully saturated rings. The van der Waals surface area contributed by atoms with Crippen LogP contribution in [0.3, 0.4) is 0 Å². The molecular formula is C15H17BrClNS. The van der Waals surface area contributed by atoms with Gasteiger partial charge in [0.05, 0.1) is 5.02 Å². The van der Waals surface area contributed by atoms with Crippen molar-refractivity contribution >= 4 is 38.9 Å². The summed E-state index contributed by atoms with van der Waals surface area (Å²) in [5, 5.41) is 6.45. The standard InChI is InChI=1S/C15H17BrClNS/c1-2-18-15(8-6-12-4-3-9-19-12)11-5-7-14(17)13(16)10-11/h3-5,7,9-10,15,18H,2,6,8H2,1H3. The molecule has 1 aromatic heterocycles. The first-order chi connectivity index (χ1) is 9.20. The van der Waals surface area contributed by atoms with Gasteiger partial charge in [-0.25, -0.2) is 0 Å². The summed E-state index contributed by atoms with van der Waals surface area (Å²) in [6, 6.07) is 10.9. The van der Waals surface area contributed by atoms with Gasteiger partial charge in [0.15, 0.2) is 0 Å². The van der Waals surface area contributed by atoms with E-state index in [1.807, 2.05) is 17.4 Å². The van der Waals surface area contributed by atoms with E-state index >= 15 is 0 Å². The van der Waals surface area contributed by atoms with Crippen molar-refractivity contribution in [2.45, 2.75) is 25.8 Å². The number of benzene rings is 1. The Hall–Kier alpha value is -0.350. The van der Waals surface area contributed by atoms with Crippen LogP contribution in [0, 0.1) is 0 Å². The van der Waals surface area contributed by atoms with Crippen LogP contribution in [0.4, 0.5) is 0 Å². The Bertz CT molecular complexity index is 513. The molecule has 0 aliphatic rings. The normalized spacial score (nSPS) is 12.6. The predicted molar refractivity (Wildman–Crippen MR) is 88.2 cm³/mol. The predicted octanol–water partition coefficient (Wildman–Crippen LogP) is 5.45. The molecule has 0 bridgehead atoms. The highest BCUT2D eigenvalue weighted by molar-refractivity contribution is 9.10. The minimum absolute atomic E-state index is 0.376. The first-order valence-corrected chi connectivity index (χ1v) is 8.46. The first-order valence-electron chi connectivity index (χ1n) is 6.41. The lowest BCUT2D eigenvalue weighted by molar-refractivity contribution is 0.517. The molecule has 2 aromatic rings. The summed E-state index contributed by atoms with van der Waals surface area (Å²) in [7, 11) is 0. The number of hydrogen-bond acceptors (Lipinski definition) is 2. The Morgan fingerprint density at radius 1 is 1.37 bits per heavy atom. The smallest absolute Gasteiger partial charge is 0.0548 e. The van der Waals surface area contributed by atoms with Gasteiger partial charge < -0.3 is 5.32 Å². The molecule has 19 heavy (non-hydrogen) atoms. The van der Waals surface area contributed by atoms with E-state index in [9.17, 15) is 0 Å². The minimum atomic E-state index is 0.376. The van der Waals surface area contributed by atoms with Crippen LogP contribution in [-0.2, 0) is 6.42 Å². The second kappa shape index (κ2) is 7.44. The van der Waals surface area contributed by atoms with Gasteiger partial charge in [0.1, 0.15) is 0 Å². The summed E-state index contributed by atoms with van der Waals surface area (Å²) in [5.41, 5.74) is 1.29. The topological polar surface area (TPSA) is 12.0 Å². The van der Waals surface area contributed by atoms with Crippen molar-refractivity contribution < 1.29 is 0 Å². The molecule has 1 unspecified atom stereocenters. The molecular weight excluding hydrogens is 342 g/mol. The Morgan fingerprint density at radius 3 is 2.84 bits per heavy atom. The van der Waals surface area contributed by atoms with Gasteiger partial charge in [0.25, 0.3) is 0 Å². The number of hydrogen-bond donors (Lipinski definition) is 1. The maximum atomic E-state index is 6.06. The Balaban J connectivity index is 2.07. The highest BCUT2D eigenvalue weighted by Gasteiger charge is 2.12. The van der Waals surface area contributed by atoms with Gasteiger partial charge in [-0.3, -0.25) is 0 Å². The zero-order chi connectivity index (χ0) is 13.7. The molecule has 0 saturated heterocycles. The molecule has 0 saturated carbocycles. The SMILES string of the molecule is CCNC(CCc1cccs1)c1ccc(Cl)c(Br)c1. The van der Waals surface area contributed by atoms with Crippen LogP contribution >= 0.6 is 38.9 Å². The van der Waals surface area contributed by atoms with Crippen LogP contribution in [0.1, 0.15) is 29.8 Å². The number of thiophene rings is 1. The Morgan fingerprint density at radius 2 is 2.21 bits per heavy atom. The van der Waals surface area contributed by atoms with Crippen LogP contribution in [0.5, 0.6) is 0 Å². The van der Waals surface area contributed by atoms with Crippen molar-refractivity contribution in [1.82, 2.24) is 5.32 Å². The highest BCUT2D eigenvalue weighted by atomic mass is 79.9. The number of nitrogens with one attached hydrogen (secondary N) is 1. The van der Waals surface area contributed by atoms with Crippen LogP contribution in [0.15, 0.2) is 40.2 Å². The van der Waals surface area contributed by atoms with Crippen LogP contribution in [0.25, 0.3) is 0 Å². The summed E-state index contributed by atoms with van der Waals surface area (Å²) in [6.07, 6.45) is 2.21. The van der Waals surface area contributed by atoms with Crippen LogP contribution < -0.4 is 5.32 Å². The van der Waals surface area contributed by atoms with E-state index in [0.717, 1.165) is 28.9 Å². The van der Waals surface area contributed by atoms with Crippen molar-refractivity contribution in [2.75, 3.05) is 6.54 Å². The summed E-state index contributed by atoms with van der Waals surface area (Å²) >= 11 is 11.4. The molecule has 1 N–H and O–H groups in total. The maximum Gasteiger partial charge on any atom is 0.0548 e. The largest absolute Gasteiger partial charge is 0.310 e. The number of rotatable bonds is 6. The van der Waals surface area contributed by atoms with Crippen LogP contribution in [0.2, 0.25) is 5.02 Å². The average Bonchev–Trinajstić information content (AvgIpc) is 2.91. The third-order valence-electron chi connectivity index (χ3n) is 3.06. The summed E-state index contributed by atoms with van der Waals surface area (Å²) < 4.78 is 0.964. The van der Waals surface area contributed by atoms with Crippen molar-refractivity contribution in [3.63, 3.8) is 0 Å². The third-order valence-corrected chi connectivity index (χ3v) is 5.21. The number of halogens is 2. The minimum Gasteiger partial charge on any atom is -0.310 e. The fourth-order valence-corrected chi connectivity index (χ4v) is 3.34. The molecule has 1 atom stereocenters. The maximum absolute atomic E-state index is 6.06. The van der Waals surface area contributed by atoms with E-state index in [1.165, 1.54) is 10.4 Å². The van der Waals surface area contributed by atoms with Crippen molar-refractivity contribution in [3.8, 4) is 0 Å². The first kappa shape index (κ1) is 15.0. The third kappa shape index (κ3) is 4.32. The summed E-state index contributed by atoms with van der Waals surface area (Å²) in [5.74, 6) is 0. The monoisotopic (exact) mass is 357 g/mol. The summed E-state index contributed by atoms with van der Waals surface area (Å²) in [4.78, 5) is 1.44. The van der Waals surface area contributed by atoms with Gasteiger partial charge in [-0.15, -0.1) is 11.3 Å². The Kier molecular flexibility index (Phi) is 5.89. The van der Waals surface area contributed by atoms with Crippen molar-refractivity contribution in [3.05, 3.63) is 55.6 Å². The molecule has 4 heteroatoms. The van der Waals surface area contributed by atoms with Gasteiger partial charge in [-0.05, 0) is 64.5 Å². The second-order valence-electron chi connectivity index (χ2n) is 4.40. The van der Waals surface area contributed by atoms with E-state index in [-0.39, 0.29) is 0 Å². The molecule has 2 rings (SSSR count). The van der Waals surface area contributed by atoms with E-state index in [0.29, 0.717) is 6.04 Å². The van der Waals surface area contributed by atoms with E-state index in [4.69, 9.17) is 11.6 Å². The quantitative estimate of drug-likeness (QED) is 0.724. The average molecular weight is 359 g/mol. The van der Waals surface area contributed by atoms with Gasteiger partial charge >= 0.3 is 0 Å². The lowest BCUT2D eigenvalue weighted by atomic mass is 10.0. The van der Waals surface area contributed by atoms with Crippen molar-refractivity contribution in [2.24, 2.45) is 0 Å². The molecule has 0 aliphatic heterocycles. The fourth-order valence-electron chi connectivity index (χ4n) is 2.10. The van der Waals surface area contributed by atoms with E-state index in [1.54, 1.807) is 0 Å². The van der Waals surface area contributed by atoms with Crippen LogP contribution in [-0.4, -0.2) is 6.54 Å². The molecule has 0 radical (unpaired) electrons. The molecule has 102 valence electrons. The zero-order valence-electron chi connectivity index (χ0n) is 10.8. The highest BCUT2D eigenvalue weighted by Crippen LogP contribution is 2.28. The van der Waals surface area contributed by atoms with Gasteiger partial charge in [0.2, 0.25) is 0 Å². The zero-order valence-corrected chi connectivity index (χ0v) is 14.0. The fraction of sp³-hybridized carbons (Fsp3) is 0.333. The molecule has 1 heterocycles. The molecule has 1 nitrogen and oxygen atoms in total. The van der Waals surface area contributed by atoms with E-state index < -0.39 is 0 Å². The molecule has 0 spiro atoms. The summed E-state index contributed by atoms with van der Waals surface area (Å²) in [6.45, 7) is 3.11. The van der Waals surface area contributed by atoms with Gasteiger partial charge in [0, 0.05) is 15.4 Å². The van der Waals surface area contributed by atoms with Gasteiger partial charge in [-0.2, -0.15) is 0 Å². The number of aryl methyl sites for hydroxylation is 1. The van der Waals surface area contributed by atoms with E-state index in [2.05, 4.69) is 57.8 Å². The molecule has 0 amide bonds. The lowest BCUT2D eigenvalue weighted by Crippen LogP contribution is -2.21. The molecule has 0 aliphatic carbocycles. The lowest BCUT2D eigenvalue weighted by Gasteiger charge is -2.18. The van der Waals surface area contributed by atoms with Crippen molar-refractivity contribution in [1.29, 1.82) is 0 Å². The molecule has 1 aromatic carbocycles.